The van der Waals surface area contributed by atoms with Crippen molar-refractivity contribution >= 4 is 17.3 Å². The lowest BCUT2D eigenvalue weighted by Crippen LogP contribution is -2.54. The zero-order valence-corrected chi connectivity index (χ0v) is 17.6. The van der Waals surface area contributed by atoms with Crippen LogP contribution in [0.25, 0.3) is 0 Å². The third kappa shape index (κ3) is 4.04. The number of ketones is 3. The number of halogens is 1. The first-order valence-electron chi connectivity index (χ1n) is 10.5. The molecule has 1 fully saturated rings. The molecule has 0 amide bonds. The van der Waals surface area contributed by atoms with Crippen LogP contribution in [0.3, 0.4) is 0 Å². The predicted molar refractivity (Wildman–Crippen MR) is 118 cm³/mol. The molecule has 0 aromatic heterocycles. The molecule has 1 aliphatic carbocycles. The molecule has 3 aromatic rings. The van der Waals surface area contributed by atoms with Crippen molar-refractivity contribution in [3.8, 4) is 0 Å². The Hall–Kier alpha value is -3.44. The number of Topliss-reactive ketones (excluding diaryl/α,β-unsaturated/α-hetero) is 3. The van der Waals surface area contributed by atoms with Crippen LogP contribution in [0.15, 0.2) is 84.9 Å². The van der Waals surface area contributed by atoms with Gasteiger partial charge in [0, 0.05) is 23.5 Å². The van der Waals surface area contributed by atoms with Crippen LogP contribution in [-0.2, 0) is 4.79 Å². The first-order chi connectivity index (χ1) is 15.3. The van der Waals surface area contributed by atoms with Crippen molar-refractivity contribution in [2.75, 3.05) is 0 Å². The monoisotopic (exact) mass is 430 g/mol. The molecule has 0 saturated heterocycles. The molecule has 0 heterocycles. The van der Waals surface area contributed by atoms with Crippen LogP contribution >= 0.6 is 0 Å². The quantitative estimate of drug-likeness (QED) is 0.473. The van der Waals surface area contributed by atoms with Crippen LogP contribution in [-0.4, -0.2) is 28.1 Å². The average molecular weight is 430 g/mol. The van der Waals surface area contributed by atoms with E-state index in [-0.39, 0.29) is 12.2 Å². The van der Waals surface area contributed by atoms with E-state index in [2.05, 4.69) is 0 Å². The highest BCUT2D eigenvalue weighted by atomic mass is 19.1. The van der Waals surface area contributed by atoms with E-state index in [1.54, 1.807) is 60.7 Å². The first kappa shape index (κ1) is 21.8. The van der Waals surface area contributed by atoms with E-state index in [9.17, 15) is 23.9 Å². The van der Waals surface area contributed by atoms with Crippen LogP contribution in [0.5, 0.6) is 0 Å². The lowest BCUT2D eigenvalue weighted by Gasteiger charge is -2.45. The summed E-state index contributed by atoms with van der Waals surface area (Å²) in [5, 5.41) is 11.3. The van der Waals surface area contributed by atoms with Gasteiger partial charge in [0.1, 0.15) is 11.6 Å². The van der Waals surface area contributed by atoms with Crippen LogP contribution in [0.1, 0.15) is 45.5 Å². The number of carbonyl (C=O) groups is 3. The highest BCUT2D eigenvalue weighted by Crippen LogP contribution is 2.48. The minimum atomic E-state index is -1.67. The molecule has 3 aromatic carbocycles. The highest BCUT2D eigenvalue weighted by molar-refractivity contribution is 6.13. The summed E-state index contributed by atoms with van der Waals surface area (Å²) in [6.45, 7) is 1.45. The molecule has 4 atom stereocenters. The summed E-state index contributed by atoms with van der Waals surface area (Å²) in [5.41, 5.74) is -0.477. The first-order valence-corrected chi connectivity index (χ1v) is 10.5. The summed E-state index contributed by atoms with van der Waals surface area (Å²) in [7, 11) is 0. The third-order valence-electron chi connectivity index (χ3n) is 6.20. The van der Waals surface area contributed by atoms with Crippen molar-refractivity contribution in [3.05, 3.63) is 107 Å². The number of benzene rings is 3. The Morgan fingerprint density at radius 1 is 0.844 bits per heavy atom. The average Bonchev–Trinajstić information content (AvgIpc) is 2.79. The molecule has 0 unspecified atom stereocenters. The zero-order chi connectivity index (χ0) is 22.9. The SMILES string of the molecule is C[C@]1(O)CC(=O)[C@@H](C(=O)c2ccccc2)[C@@H](c2ccc(F)cc2)[C@@H]1C(=O)c1ccccc1. The molecule has 1 N–H and O–H groups in total. The van der Waals surface area contributed by atoms with Gasteiger partial charge in [0.2, 0.25) is 0 Å². The van der Waals surface area contributed by atoms with Crippen molar-refractivity contribution in [2.24, 2.45) is 11.8 Å². The standard InChI is InChI=1S/C27H23FO4/c1-27(32)16-21(29)23(25(30)18-8-4-2-5-9-18)22(17-12-14-20(28)15-13-17)24(27)26(31)19-10-6-3-7-11-19/h2-15,22-24,32H,16H2,1H3/t22-,23-,24-,27+/m1/s1. The molecule has 1 aliphatic rings. The third-order valence-corrected chi connectivity index (χ3v) is 6.20. The Bertz CT molecular complexity index is 1140. The number of rotatable bonds is 5. The molecular weight excluding hydrogens is 407 g/mol. The van der Waals surface area contributed by atoms with Gasteiger partial charge in [-0.3, -0.25) is 14.4 Å². The van der Waals surface area contributed by atoms with Gasteiger partial charge in [-0.05, 0) is 24.6 Å². The molecule has 4 nitrogen and oxygen atoms in total. The van der Waals surface area contributed by atoms with Gasteiger partial charge < -0.3 is 5.11 Å². The number of hydrogen-bond acceptors (Lipinski definition) is 4. The largest absolute Gasteiger partial charge is 0.389 e. The van der Waals surface area contributed by atoms with E-state index in [1.165, 1.54) is 31.2 Å². The lowest BCUT2D eigenvalue weighted by molar-refractivity contribution is -0.134. The minimum absolute atomic E-state index is 0.322. The Morgan fingerprint density at radius 3 is 1.88 bits per heavy atom. The van der Waals surface area contributed by atoms with E-state index >= 15 is 0 Å². The van der Waals surface area contributed by atoms with Gasteiger partial charge in [-0.15, -0.1) is 0 Å². The second-order valence-electron chi connectivity index (χ2n) is 8.49. The highest BCUT2D eigenvalue weighted by Gasteiger charge is 2.55. The number of aliphatic hydroxyl groups is 1. The molecule has 1 saturated carbocycles. The summed E-state index contributed by atoms with van der Waals surface area (Å²) in [6, 6.07) is 22.3. The normalized spacial score (nSPS) is 25.3. The van der Waals surface area contributed by atoms with Crippen molar-refractivity contribution in [1.82, 2.24) is 0 Å². The summed E-state index contributed by atoms with van der Waals surface area (Å²) in [5.74, 6) is -4.84. The van der Waals surface area contributed by atoms with Gasteiger partial charge in [0.25, 0.3) is 0 Å². The van der Waals surface area contributed by atoms with E-state index in [0.717, 1.165) is 0 Å². The van der Waals surface area contributed by atoms with Gasteiger partial charge in [-0.2, -0.15) is 0 Å². The second-order valence-corrected chi connectivity index (χ2v) is 8.49. The Balaban J connectivity index is 1.89. The summed E-state index contributed by atoms with van der Waals surface area (Å²) >= 11 is 0. The number of hydrogen-bond donors (Lipinski definition) is 1. The lowest BCUT2D eigenvalue weighted by atomic mass is 9.58. The summed E-state index contributed by atoms with van der Waals surface area (Å²) < 4.78 is 13.7. The van der Waals surface area contributed by atoms with Gasteiger partial charge in [-0.1, -0.05) is 72.8 Å². The fourth-order valence-corrected chi connectivity index (χ4v) is 4.74. The summed E-state index contributed by atoms with van der Waals surface area (Å²) in [4.78, 5) is 40.3. The zero-order valence-electron chi connectivity index (χ0n) is 17.6. The van der Waals surface area contributed by atoms with Crippen molar-refractivity contribution in [1.29, 1.82) is 0 Å². The van der Waals surface area contributed by atoms with Crippen molar-refractivity contribution in [2.45, 2.75) is 24.9 Å². The Kier molecular flexibility index (Phi) is 5.85. The maximum Gasteiger partial charge on any atom is 0.173 e. The molecular formula is C27H23FO4. The molecule has 0 aliphatic heterocycles. The van der Waals surface area contributed by atoms with Crippen molar-refractivity contribution < 1.29 is 23.9 Å². The minimum Gasteiger partial charge on any atom is -0.389 e. The van der Waals surface area contributed by atoms with E-state index < -0.39 is 40.7 Å². The second kappa shape index (κ2) is 8.60. The van der Waals surface area contributed by atoms with Crippen molar-refractivity contribution in [3.63, 3.8) is 0 Å². The fraction of sp³-hybridized carbons (Fsp3) is 0.222. The van der Waals surface area contributed by atoms with Gasteiger partial charge in [0.05, 0.1) is 17.4 Å². The maximum absolute atomic E-state index is 13.7. The Morgan fingerprint density at radius 2 is 1.34 bits per heavy atom. The Labute approximate surface area is 185 Å². The van der Waals surface area contributed by atoms with Crippen LogP contribution in [0.4, 0.5) is 4.39 Å². The van der Waals surface area contributed by atoms with E-state index in [1.807, 2.05) is 0 Å². The van der Waals surface area contributed by atoms with Gasteiger partial charge >= 0.3 is 0 Å². The van der Waals surface area contributed by atoms with Gasteiger partial charge in [-0.25, -0.2) is 4.39 Å². The maximum atomic E-state index is 13.7. The predicted octanol–water partition coefficient (Wildman–Crippen LogP) is 4.63. The summed E-state index contributed by atoms with van der Waals surface area (Å²) in [6.07, 6.45) is -0.322. The van der Waals surface area contributed by atoms with Crippen LogP contribution in [0, 0.1) is 17.7 Å². The number of carbonyl (C=O) groups excluding carboxylic acids is 3. The molecule has 4 rings (SSSR count). The molecule has 0 spiro atoms. The van der Waals surface area contributed by atoms with E-state index in [4.69, 9.17) is 0 Å². The molecule has 0 bridgehead atoms. The molecule has 162 valence electrons. The molecule has 5 heteroatoms. The fourth-order valence-electron chi connectivity index (χ4n) is 4.74. The van der Waals surface area contributed by atoms with Gasteiger partial charge in [0.15, 0.2) is 11.6 Å². The molecule has 0 radical (unpaired) electrons. The van der Waals surface area contributed by atoms with E-state index in [0.29, 0.717) is 16.7 Å². The topological polar surface area (TPSA) is 71.4 Å². The van der Waals surface area contributed by atoms with Crippen LogP contribution in [0.2, 0.25) is 0 Å². The van der Waals surface area contributed by atoms with Crippen LogP contribution < -0.4 is 0 Å². The smallest absolute Gasteiger partial charge is 0.173 e. The molecule has 32 heavy (non-hydrogen) atoms.